The van der Waals surface area contributed by atoms with E-state index in [1.165, 1.54) is 0 Å². The van der Waals surface area contributed by atoms with Crippen molar-refractivity contribution in [1.29, 1.82) is 0 Å². The Bertz CT molecular complexity index is 553. The quantitative estimate of drug-likeness (QED) is 0.335. The van der Waals surface area contributed by atoms with Crippen LogP contribution in [0.15, 0.2) is 48.0 Å². The van der Waals surface area contributed by atoms with Crippen LogP contribution in [-0.4, -0.2) is 21.0 Å². The third-order valence-corrected chi connectivity index (χ3v) is 2.74. The Morgan fingerprint density at radius 3 is 2.63 bits per heavy atom. The highest BCUT2D eigenvalue weighted by molar-refractivity contribution is 5.96. The van der Waals surface area contributed by atoms with Gasteiger partial charge in [-0.05, 0) is 12.5 Å². The lowest BCUT2D eigenvalue weighted by atomic mass is 10.1. The predicted octanol–water partition coefficient (Wildman–Crippen LogP) is 1.74. The summed E-state index contributed by atoms with van der Waals surface area (Å²) < 4.78 is 0. The summed E-state index contributed by atoms with van der Waals surface area (Å²) >= 11 is 0. The molecule has 0 spiro atoms. The van der Waals surface area contributed by atoms with Gasteiger partial charge >= 0.3 is 0 Å². The van der Waals surface area contributed by atoms with E-state index in [4.69, 9.17) is 10.9 Å². The van der Waals surface area contributed by atoms with Gasteiger partial charge in [-0.15, -0.1) is 0 Å². The molecule has 1 atom stereocenters. The van der Waals surface area contributed by atoms with Crippen molar-refractivity contribution in [2.24, 2.45) is 10.9 Å². The molecule has 1 unspecified atom stereocenters. The van der Waals surface area contributed by atoms with E-state index in [-0.39, 0.29) is 11.9 Å². The number of hydrogen-bond acceptors (Lipinski definition) is 5. The van der Waals surface area contributed by atoms with E-state index in [1.54, 1.807) is 30.7 Å². The van der Waals surface area contributed by atoms with Crippen LogP contribution in [0.5, 0.6) is 0 Å². The Hall–Kier alpha value is -2.63. The summed E-state index contributed by atoms with van der Waals surface area (Å²) in [5.74, 6) is 0.816. The number of benzene rings is 1. The second-order valence-electron chi connectivity index (χ2n) is 4.06. The highest BCUT2D eigenvalue weighted by Gasteiger charge is 2.07. The molecule has 1 aromatic carbocycles. The minimum atomic E-state index is 0.0815. The van der Waals surface area contributed by atoms with Gasteiger partial charge in [0.2, 0.25) is 0 Å². The number of aromatic nitrogens is 2. The first-order valence-corrected chi connectivity index (χ1v) is 5.81. The first-order chi connectivity index (χ1) is 9.20. The lowest BCUT2D eigenvalue weighted by molar-refractivity contribution is 0.318. The van der Waals surface area contributed by atoms with Crippen LogP contribution in [0.25, 0.3) is 0 Å². The maximum atomic E-state index is 8.60. The van der Waals surface area contributed by atoms with Gasteiger partial charge < -0.3 is 16.3 Å². The van der Waals surface area contributed by atoms with Crippen molar-refractivity contribution in [1.82, 2.24) is 9.97 Å². The summed E-state index contributed by atoms with van der Waals surface area (Å²) in [7, 11) is 0. The van der Waals surface area contributed by atoms with Crippen molar-refractivity contribution in [3.05, 3.63) is 54.0 Å². The van der Waals surface area contributed by atoms with Crippen LogP contribution >= 0.6 is 0 Å². The van der Waals surface area contributed by atoms with Gasteiger partial charge in [0.15, 0.2) is 5.84 Å². The summed E-state index contributed by atoms with van der Waals surface area (Å²) in [6.45, 7) is 2.02. The fourth-order valence-corrected chi connectivity index (χ4v) is 1.68. The molecular weight excluding hydrogens is 242 g/mol. The monoisotopic (exact) mass is 257 g/mol. The molecule has 98 valence electrons. The number of anilines is 1. The lowest BCUT2D eigenvalue weighted by Crippen LogP contribution is -2.13. The van der Waals surface area contributed by atoms with E-state index in [0.29, 0.717) is 5.56 Å². The number of nitrogens with two attached hydrogens (primary N) is 1. The van der Waals surface area contributed by atoms with Gasteiger partial charge in [0.25, 0.3) is 0 Å². The first-order valence-electron chi connectivity index (χ1n) is 5.81. The summed E-state index contributed by atoms with van der Waals surface area (Å²) in [4.78, 5) is 8.15. The van der Waals surface area contributed by atoms with Gasteiger partial charge in [-0.2, -0.15) is 0 Å². The van der Waals surface area contributed by atoms with E-state index in [1.807, 2.05) is 19.1 Å². The van der Waals surface area contributed by atoms with Crippen LogP contribution in [-0.2, 0) is 0 Å². The maximum Gasteiger partial charge on any atom is 0.170 e. The molecule has 6 nitrogen and oxygen atoms in total. The molecular formula is C13H15N5O. The topological polar surface area (TPSA) is 96.4 Å². The van der Waals surface area contributed by atoms with Gasteiger partial charge in [-0.3, -0.25) is 4.98 Å². The molecule has 2 aromatic rings. The zero-order valence-corrected chi connectivity index (χ0v) is 10.5. The smallest absolute Gasteiger partial charge is 0.170 e. The number of oxime groups is 1. The standard InChI is InChI=1S/C13H15N5O/c1-9(17-12-8-15-6-7-16-12)10-2-4-11(5-3-10)13(14)18-19/h2-9,19H,1H3,(H2,14,18)(H,16,17). The summed E-state index contributed by atoms with van der Waals surface area (Å²) in [6.07, 6.45) is 4.93. The van der Waals surface area contributed by atoms with E-state index in [0.717, 1.165) is 11.4 Å². The number of rotatable bonds is 4. The number of hydrogen-bond donors (Lipinski definition) is 3. The molecule has 0 amide bonds. The molecule has 0 aliphatic rings. The van der Waals surface area contributed by atoms with Crippen LogP contribution in [0.1, 0.15) is 24.1 Å². The van der Waals surface area contributed by atoms with Crippen molar-refractivity contribution in [2.45, 2.75) is 13.0 Å². The molecule has 0 aliphatic heterocycles. The summed E-state index contributed by atoms with van der Waals surface area (Å²) in [5, 5.41) is 14.8. The minimum absolute atomic E-state index is 0.0815. The second-order valence-corrected chi connectivity index (χ2v) is 4.06. The van der Waals surface area contributed by atoms with Gasteiger partial charge in [0.1, 0.15) is 5.82 Å². The average Bonchev–Trinajstić information content (AvgIpc) is 2.47. The molecule has 1 aromatic heterocycles. The van der Waals surface area contributed by atoms with Crippen molar-refractivity contribution < 1.29 is 5.21 Å². The Morgan fingerprint density at radius 2 is 2.05 bits per heavy atom. The first kappa shape index (κ1) is 12.8. The Balaban J connectivity index is 2.10. The fraction of sp³-hybridized carbons (Fsp3) is 0.154. The van der Waals surface area contributed by atoms with Gasteiger partial charge in [-0.25, -0.2) is 4.98 Å². The van der Waals surface area contributed by atoms with Crippen molar-refractivity contribution >= 4 is 11.7 Å². The van der Waals surface area contributed by atoms with Crippen LogP contribution in [0.2, 0.25) is 0 Å². The number of nitrogens with one attached hydrogen (secondary N) is 1. The van der Waals surface area contributed by atoms with Crippen LogP contribution in [0.4, 0.5) is 5.82 Å². The van der Waals surface area contributed by atoms with Crippen LogP contribution in [0.3, 0.4) is 0 Å². The average molecular weight is 257 g/mol. The number of nitrogens with zero attached hydrogens (tertiary/aromatic N) is 3. The molecule has 1 heterocycles. The minimum Gasteiger partial charge on any atom is -0.409 e. The van der Waals surface area contributed by atoms with E-state index in [2.05, 4.69) is 20.4 Å². The molecule has 19 heavy (non-hydrogen) atoms. The predicted molar refractivity (Wildman–Crippen MR) is 73.0 cm³/mol. The Labute approximate surface area is 111 Å². The molecule has 0 bridgehead atoms. The zero-order chi connectivity index (χ0) is 13.7. The van der Waals surface area contributed by atoms with Gasteiger partial charge in [-0.1, -0.05) is 29.4 Å². The molecule has 0 aliphatic carbocycles. The van der Waals surface area contributed by atoms with Crippen molar-refractivity contribution in [3.63, 3.8) is 0 Å². The van der Waals surface area contributed by atoms with Crippen LogP contribution < -0.4 is 11.1 Å². The third kappa shape index (κ3) is 3.19. The molecule has 0 radical (unpaired) electrons. The van der Waals surface area contributed by atoms with Gasteiger partial charge in [0, 0.05) is 24.0 Å². The molecule has 0 saturated heterocycles. The fourth-order valence-electron chi connectivity index (χ4n) is 1.68. The zero-order valence-electron chi connectivity index (χ0n) is 10.5. The summed E-state index contributed by atoms with van der Waals surface area (Å²) in [5.41, 5.74) is 7.26. The summed E-state index contributed by atoms with van der Waals surface area (Å²) in [6, 6.07) is 7.53. The SMILES string of the molecule is CC(Nc1cnccn1)c1ccc(C(N)=NO)cc1. The molecule has 0 saturated carbocycles. The lowest BCUT2D eigenvalue weighted by Gasteiger charge is -2.14. The van der Waals surface area contributed by atoms with E-state index in [9.17, 15) is 0 Å². The van der Waals surface area contributed by atoms with Crippen molar-refractivity contribution in [2.75, 3.05) is 5.32 Å². The highest BCUT2D eigenvalue weighted by Crippen LogP contribution is 2.17. The number of amidine groups is 1. The molecule has 6 heteroatoms. The Kier molecular flexibility index (Phi) is 3.92. The third-order valence-electron chi connectivity index (χ3n) is 2.74. The largest absolute Gasteiger partial charge is 0.409 e. The highest BCUT2D eigenvalue weighted by atomic mass is 16.4. The second kappa shape index (κ2) is 5.81. The molecule has 4 N–H and O–H groups in total. The van der Waals surface area contributed by atoms with E-state index < -0.39 is 0 Å². The molecule has 2 rings (SSSR count). The van der Waals surface area contributed by atoms with Crippen molar-refractivity contribution in [3.8, 4) is 0 Å². The molecule has 0 fully saturated rings. The van der Waals surface area contributed by atoms with E-state index >= 15 is 0 Å². The Morgan fingerprint density at radius 1 is 1.32 bits per heavy atom. The normalized spacial score (nSPS) is 13.0. The van der Waals surface area contributed by atoms with Crippen LogP contribution in [0, 0.1) is 0 Å². The maximum absolute atomic E-state index is 8.60. The van der Waals surface area contributed by atoms with Gasteiger partial charge in [0.05, 0.1) is 6.20 Å².